The molecule has 7 heteroatoms. The van der Waals surface area contributed by atoms with E-state index < -0.39 is 0 Å². The molecule has 3 aliphatic rings. The van der Waals surface area contributed by atoms with Crippen LogP contribution in [0.4, 0.5) is 0 Å². The smallest absolute Gasteiger partial charge is 0.236 e. The number of morpholine rings is 1. The summed E-state index contributed by atoms with van der Waals surface area (Å²) in [5.41, 5.74) is 2.34. The van der Waals surface area contributed by atoms with Gasteiger partial charge in [0.1, 0.15) is 11.9 Å². The van der Waals surface area contributed by atoms with Gasteiger partial charge in [0.2, 0.25) is 11.8 Å². The van der Waals surface area contributed by atoms with Gasteiger partial charge in [0.15, 0.2) is 0 Å². The van der Waals surface area contributed by atoms with Crippen molar-refractivity contribution in [2.75, 3.05) is 52.5 Å². The van der Waals surface area contributed by atoms with Crippen LogP contribution in [0.1, 0.15) is 30.9 Å². The van der Waals surface area contributed by atoms with E-state index in [1.54, 1.807) is 0 Å². The van der Waals surface area contributed by atoms with Crippen LogP contribution in [0.25, 0.3) is 0 Å². The van der Waals surface area contributed by atoms with Gasteiger partial charge in [0.05, 0.1) is 19.8 Å². The molecule has 2 amide bonds. The first-order valence-corrected chi connectivity index (χ1v) is 11.1. The number of ether oxygens (including phenoxy) is 2. The van der Waals surface area contributed by atoms with Crippen LogP contribution < -0.4 is 4.74 Å². The molecule has 30 heavy (non-hydrogen) atoms. The molecular formula is C23H33N3O4. The highest BCUT2D eigenvalue weighted by Gasteiger charge is 2.32. The van der Waals surface area contributed by atoms with Crippen LogP contribution in [0.3, 0.4) is 0 Å². The van der Waals surface area contributed by atoms with Crippen molar-refractivity contribution in [2.24, 2.45) is 5.92 Å². The van der Waals surface area contributed by atoms with Crippen molar-refractivity contribution in [2.45, 2.75) is 39.3 Å². The van der Waals surface area contributed by atoms with Crippen molar-refractivity contribution >= 4 is 11.8 Å². The molecule has 0 radical (unpaired) electrons. The molecule has 0 aliphatic carbocycles. The molecule has 0 N–H and O–H groups in total. The van der Waals surface area contributed by atoms with Crippen LogP contribution in [-0.4, -0.2) is 85.1 Å². The summed E-state index contributed by atoms with van der Waals surface area (Å²) in [6.07, 6.45) is 1.55. The van der Waals surface area contributed by atoms with Crippen molar-refractivity contribution in [3.63, 3.8) is 0 Å². The highest BCUT2D eigenvalue weighted by molar-refractivity contribution is 5.81. The largest absolute Gasteiger partial charge is 0.489 e. The Morgan fingerprint density at radius 1 is 1.07 bits per heavy atom. The molecule has 1 aromatic rings. The standard InChI is InChI=1S/C23H33N3O4/c1-17-3-4-21-20(13-17)15-24(14-18(2)30-21)16-22(27)25-7-5-19(6-8-25)23(28)26-9-11-29-12-10-26/h3-4,13,18-19H,5-12,14-16H2,1-2H3. The van der Waals surface area contributed by atoms with E-state index in [-0.39, 0.29) is 23.8 Å². The summed E-state index contributed by atoms with van der Waals surface area (Å²) in [5, 5.41) is 0. The Balaban J connectivity index is 1.30. The maximum atomic E-state index is 13.0. The molecule has 2 fully saturated rings. The van der Waals surface area contributed by atoms with E-state index in [0.29, 0.717) is 45.9 Å². The maximum Gasteiger partial charge on any atom is 0.236 e. The van der Waals surface area contributed by atoms with E-state index in [0.717, 1.165) is 37.2 Å². The number of benzene rings is 1. The van der Waals surface area contributed by atoms with E-state index in [2.05, 4.69) is 30.9 Å². The monoisotopic (exact) mass is 415 g/mol. The number of piperidine rings is 1. The number of aryl methyl sites for hydroxylation is 1. The molecule has 1 aromatic carbocycles. The number of rotatable bonds is 3. The highest BCUT2D eigenvalue weighted by Crippen LogP contribution is 2.26. The molecule has 3 aliphatic heterocycles. The molecule has 0 spiro atoms. The van der Waals surface area contributed by atoms with Crippen LogP contribution in [0.2, 0.25) is 0 Å². The molecule has 4 rings (SSSR count). The van der Waals surface area contributed by atoms with Gasteiger partial charge < -0.3 is 19.3 Å². The summed E-state index contributed by atoms with van der Waals surface area (Å²) in [6, 6.07) is 6.24. The zero-order valence-corrected chi connectivity index (χ0v) is 18.1. The zero-order valence-electron chi connectivity index (χ0n) is 18.1. The minimum atomic E-state index is 0.0358. The predicted octanol–water partition coefficient (Wildman–Crippen LogP) is 1.68. The van der Waals surface area contributed by atoms with Crippen molar-refractivity contribution in [1.29, 1.82) is 0 Å². The number of carbonyl (C=O) groups excluding carboxylic acids is 2. The summed E-state index contributed by atoms with van der Waals surface area (Å²) in [5.74, 6) is 1.34. The molecule has 1 atom stereocenters. The van der Waals surface area contributed by atoms with Crippen molar-refractivity contribution in [3.05, 3.63) is 29.3 Å². The average Bonchev–Trinajstić information content (AvgIpc) is 2.90. The third kappa shape index (κ3) is 4.95. The third-order valence-corrected chi connectivity index (χ3v) is 6.33. The van der Waals surface area contributed by atoms with Crippen LogP contribution >= 0.6 is 0 Å². The van der Waals surface area contributed by atoms with Crippen molar-refractivity contribution in [1.82, 2.24) is 14.7 Å². The molecule has 3 heterocycles. The molecule has 1 unspecified atom stereocenters. The van der Waals surface area contributed by atoms with Crippen LogP contribution in [-0.2, 0) is 20.9 Å². The number of nitrogens with zero attached hydrogens (tertiary/aromatic N) is 3. The Bertz CT molecular complexity index is 770. The van der Waals surface area contributed by atoms with Gasteiger partial charge in [-0.15, -0.1) is 0 Å². The minimum Gasteiger partial charge on any atom is -0.489 e. The fourth-order valence-corrected chi connectivity index (χ4v) is 4.70. The molecular weight excluding hydrogens is 382 g/mol. The van der Waals surface area contributed by atoms with Crippen LogP contribution in [0.15, 0.2) is 18.2 Å². The van der Waals surface area contributed by atoms with Crippen LogP contribution in [0.5, 0.6) is 5.75 Å². The van der Waals surface area contributed by atoms with Gasteiger partial charge >= 0.3 is 0 Å². The van der Waals surface area contributed by atoms with Crippen molar-refractivity contribution in [3.8, 4) is 5.75 Å². The topological polar surface area (TPSA) is 62.3 Å². The first-order chi connectivity index (χ1) is 14.5. The molecule has 2 saturated heterocycles. The summed E-state index contributed by atoms with van der Waals surface area (Å²) < 4.78 is 11.4. The Hall–Kier alpha value is -2.12. The lowest BCUT2D eigenvalue weighted by Gasteiger charge is -2.36. The Kier molecular flexibility index (Phi) is 6.58. The number of fused-ring (bicyclic) bond motifs is 1. The first-order valence-electron chi connectivity index (χ1n) is 11.1. The number of carbonyl (C=O) groups is 2. The van der Waals surface area contributed by atoms with E-state index in [1.165, 1.54) is 5.56 Å². The number of amides is 2. The number of hydrogen-bond donors (Lipinski definition) is 0. The lowest BCUT2D eigenvalue weighted by molar-refractivity contribution is -0.144. The van der Waals surface area contributed by atoms with E-state index >= 15 is 0 Å². The molecule has 0 saturated carbocycles. The van der Waals surface area contributed by atoms with Crippen LogP contribution in [0, 0.1) is 12.8 Å². The third-order valence-electron chi connectivity index (χ3n) is 6.33. The fraction of sp³-hybridized carbons (Fsp3) is 0.652. The lowest BCUT2D eigenvalue weighted by Crippen LogP contribution is -2.49. The summed E-state index contributed by atoms with van der Waals surface area (Å²) in [7, 11) is 0. The van der Waals surface area contributed by atoms with Gasteiger partial charge in [-0.2, -0.15) is 0 Å². The minimum absolute atomic E-state index is 0.0358. The van der Waals surface area contributed by atoms with E-state index in [1.807, 2.05) is 15.9 Å². The van der Waals surface area contributed by atoms with Gasteiger partial charge in [0.25, 0.3) is 0 Å². The SMILES string of the molecule is Cc1ccc2c(c1)CN(CC(=O)N1CCC(C(=O)N3CCOCC3)CC1)CC(C)O2. The molecule has 164 valence electrons. The molecule has 0 aromatic heterocycles. The summed E-state index contributed by atoms with van der Waals surface area (Å²) in [6.45, 7) is 9.93. The van der Waals surface area contributed by atoms with Gasteiger partial charge in [-0.1, -0.05) is 17.7 Å². The summed E-state index contributed by atoms with van der Waals surface area (Å²) in [4.78, 5) is 31.7. The maximum absolute atomic E-state index is 13.0. The van der Waals surface area contributed by atoms with E-state index in [4.69, 9.17) is 9.47 Å². The number of hydrogen-bond acceptors (Lipinski definition) is 5. The molecule has 0 bridgehead atoms. The van der Waals surface area contributed by atoms with E-state index in [9.17, 15) is 9.59 Å². The first kappa shape index (κ1) is 21.1. The zero-order chi connectivity index (χ0) is 21.1. The van der Waals surface area contributed by atoms with Gasteiger partial charge in [-0.3, -0.25) is 14.5 Å². The van der Waals surface area contributed by atoms with Gasteiger partial charge in [-0.05, 0) is 32.8 Å². The predicted molar refractivity (Wildman–Crippen MR) is 113 cm³/mol. The van der Waals surface area contributed by atoms with Gasteiger partial charge in [0, 0.05) is 50.7 Å². The summed E-state index contributed by atoms with van der Waals surface area (Å²) >= 11 is 0. The Labute approximate surface area is 178 Å². The molecule has 7 nitrogen and oxygen atoms in total. The second kappa shape index (κ2) is 9.35. The Morgan fingerprint density at radius 2 is 1.80 bits per heavy atom. The highest BCUT2D eigenvalue weighted by atomic mass is 16.5. The normalized spacial score (nSPS) is 23.5. The number of likely N-dealkylation sites (tertiary alicyclic amines) is 1. The second-order valence-electron chi connectivity index (χ2n) is 8.80. The average molecular weight is 416 g/mol. The van der Waals surface area contributed by atoms with Gasteiger partial charge in [-0.25, -0.2) is 0 Å². The Morgan fingerprint density at radius 3 is 2.53 bits per heavy atom. The lowest BCUT2D eigenvalue weighted by atomic mass is 9.95. The second-order valence-corrected chi connectivity index (χ2v) is 8.80. The quantitative estimate of drug-likeness (QED) is 0.752. The van der Waals surface area contributed by atoms with Crippen molar-refractivity contribution < 1.29 is 19.1 Å². The fourth-order valence-electron chi connectivity index (χ4n) is 4.70.